The van der Waals surface area contributed by atoms with Crippen molar-refractivity contribution in [2.45, 2.75) is 19.3 Å². The van der Waals surface area contributed by atoms with Gasteiger partial charge < -0.3 is 14.8 Å². The van der Waals surface area contributed by atoms with Crippen molar-refractivity contribution in [3.63, 3.8) is 0 Å². The predicted octanol–water partition coefficient (Wildman–Crippen LogP) is 9.54. The van der Waals surface area contributed by atoms with E-state index in [0.717, 1.165) is 29.7 Å². The molecule has 0 fully saturated rings. The van der Waals surface area contributed by atoms with Crippen LogP contribution in [0.15, 0.2) is 200 Å². The SMILES string of the molecule is CC1(C)c2cccc([PH+](c3ccccc3)c3ccccc3)c2Oc2c([PH+](c3ccccc3)c3ccccc3)cccc21.Fc1cc(F)cc(-c2n[n-]c(-c3ccccn3)n2)c1.[U]. The number of benzene rings is 7. The summed E-state index contributed by atoms with van der Waals surface area (Å²) in [6, 6.07) is 65.9. The molecule has 3 heterocycles. The molecule has 0 bridgehead atoms. The Bertz CT molecular complexity index is 2670. The Morgan fingerprint density at radius 1 is 0.516 bits per heavy atom. The van der Waals surface area contributed by atoms with Gasteiger partial charge in [-0.2, -0.15) is 0 Å². The van der Waals surface area contributed by atoms with E-state index < -0.39 is 27.5 Å². The molecule has 0 radical (unpaired) electrons. The molecule has 0 unspecified atom stereocenters. The van der Waals surface area contributed by atoms with Crippen LogP contribution < -0.4 is 41.7 Å². The van der Waals surface area contributed by atoms with Crippen molar-refractivity contribution in [2.75, 3.05) is 0 Å². The molecule has 1 aliphatic rings. The second-order valence-corrected chi connectivity index (χ2v) is 20.0. The van der Waals surface area contributed by atoms with Gasteiger partial charge in [-0.25, -0.2) is 8.78 Å². The number of ether oxygens (including phenoxy) is 1. The Hall–Kier alpha value is -5.60. The maximum Gasteiger partial charge on any atom is 0.174 e. The summed E-state index contributed by atoms with van der Waals surface area (Å²) in [5.74, 6) is 1.19. The van der Waals surface area contributed by atoms with Gasteiger partial charge in [-0.05, 0) is 90.8 Å². The van der Waals surface area contributed by atoms with E-state index in [9.17, 15) is 8.78 Å². The number of para-hydroxylation sites is 2. The minimum Gasteiger partial charge on any atom is -0.448 e. The van der Waals surface area contributed by atoms with E-state index in [1.165, 1.54) is 43.0 Å². The average Bonchev–Trinajstić information content (AvgIpc) is 3.80. The Labute approximate surface area is 386 Å². The molecule has 9 aromatic rings. The van der Waals surface area contributed by atoms with E-state index in [4.69, 9.17) is 4.74 Å². The molecule has 62 heavy (non-hydrogen) atoms. The first-order chi connectivity index (χ1) is 29.8. The van der Waals surface area contributed by atoms with Crippen LogP contribution >= 0.6 is 15.8 Å². The maximum atomic E-state index is 13.1. The van der Waals surface area contributed by atoms with Gasteiger partial charge in [-0.1, -0.05) is 117 Å². The number of halogens is 2. The summed E-state index contributed by atoms with van der Waals surface area (Å²) in [6.07, 6.45) is 1.60. The van der Waals surface area contributed by atoms with Crippen molar-refractivity contribution in [1.82, 2.24) is 20.2 Å². The van der Waals surface area contributed by atoms with E-state index >= 15 is 0 Å². The first-order valence-corrected chi connectivity index (χ1v) is 23.0. The van der Waals surface area contributed by atoms with Crippen LogP contribution in [0.4, 0.5) is 8.78 Å². The third kappa shape index (κ3) is 8.99. The Kier molecular flexibility index (Phi) is 13.3. The molecule has 0 spiro atoms. The monoisotopic (exact) mass is 1080 g/mol. The Morgan fingerprint density at radius 3 is 1.37 bits per heavy atom. The van der Waals surface area contributed by atoms with Crippen LogP contribution in [-0.2, 0) is 5.41 Å². The van der Waals surface area contributed by atoms with Crippen LogP contribution in [0.25, 0.3) is 22.9 Å². The first-order valence-electron chi connectivity index (χ1n) is 20.0. The largest absolute Gasteiger partial charge is 0.448 e. The maximum absolute atomic E-state index is 13.1. The minimum atomic E-state index is -1.32. The molecule has 5 nitrogen and oxygen atoms in total. The molecule has 0 aliphatic carbocycles. The molecule has 10 heteroatoms. The van der Waals surface area contributed by atoms with Crippen molar-refractivity contribution in [1.29, 1.82) is 0 Å². The topological polar surface area (TPSA) is 62.0 Å². The summed E-state index contributed by atoms with van der Waals surface area (Å²) in [5, 5.41) is 15.7. The molecule has 1 aliphatic heterocycles. The fraction of sp³-hybridized carbons (Fsp3) is 0.0577. The van der Waals surface area contributed by atoms with Gasteiger partial charge in [0, 0.05) is 65.5 Å². The average molecular weight is 1080 g/mol. The van der Waals surface area contributed by atoms with Crippen LogP contribution in [0.2, 0.25) is 0 Å². The molecule has 10 rings (SSSR count). The zero-order valence-electron chi connectivity index (χ0n) is 34.0. The van der Waals surface area contributed by atoms with Gasteiger partial charge in [0.2, 0.25) is 0 Å². The third-order valence-electron chi connectivity index (χ3n) is 10.8. The van der Waals surface area contributed by atoms with E-state index in [-0.39, 0.29) is 47.9 Å². The van der Waals surface area contributed by atoms with Gasteiger partial charge in [-0.15, -0.1) is 0 Å². The van der Waals surface area contributed by atoms with Crippen LogP contribution in [0.5, 0.6) is 11.5 Å². The number of nitrogens with zero attached hydrogens (tertiary/aromatic N) is 4. The van der Waals surface area contributed by atoms with Gasteiger partial charge in [0.1, 0.15) is 59.3 Å². The van der Waals surface area contributed by atoms with E-state index in [1.807, 2.05) is 0 Å². The van der Waals surface area contributed by atoms with Crippen LogP contribution in [0, 0.1) is 42.7 Å². The number of pyridine rings is 1. The molecule has 0 saturated heterocycles. The molecule has 0 atom stereocenters. The van der Waals surface area contributed by atoms with Crippen LogP contribution in [0.1, 0.15) is 25.0 Å². The van der Waals surface area contributed by atoms with Gasteiger partial charge in [0.05, 0.1) is 11.5 Å². The summed E-state index contributed by atoms with van der Waals surface area (Å²) in [6.45, 7) is 4.71. The van der Waals surface area contributed by atoms with Crippen molar-refractivity contribution < 1.29 is 44.6 Å². The van der Waals surface area contributed by atoms with Crippen molar-refractivity contribution in [2.24, 2.45) is 0 Å². The summed E-state index contributed by atoms with van der Waals surface area (Å²) >= 11 is 0. The summed E-state index contributed by atoms with van der Waals surface area (Å²) in [5.41, 5.74) is 3.10. The summed E-state index contributed by atoms with van der Waals surface area (Å²) < 4.78 is 33.5. The smallest absolute Gasteiger partial charge is 0.174 e. The molecule has 0 amide bonds. The summed E-state index contributed by atoms with van der Waals surface area (Å²) in [7, 11) is -2.64. The van der Waals surface area contributed by atoms with E-state index in [1.54, 1.807) is 24.4 Å². The number of rotatable bonds is 8. The van der Waals surface area contributed by atoms with Gasteiger partial charge >= 0.3 is 0 Å². The number of hydrogen-bond donors (Lipinski definition) is 0. The van der Waals surface area contributed by atoms with E-state index in [0.29, 0.717) is 11.5 Å². The van der Waals surface area contributed by atoms with Crippen molar-refractivity contribution >= 4 is 47.7 Å². The Morgan fingerprint density at radius 2 is 0.952 bits per heavy atom. The predicted molar refractivity (Wildman–Crippen MR) is 249 cm³/mol. The van der Waals surface area contributed by atoms with Crippen LogP contribution in [-0.4, -0.2) is 15.1 Å². The quantitative estimate of drug-likeness (QED) is 0.142. The second kappa shape index (κ2) is 19.2. The molecular weight excluding hydrogens is 1030 g/mol. The molecule has 2 aromatic heterocycles. The molecule has 0 N–H and O–H groups in total. The zero-order valence-corrected chi connectivity index (χ0v) is 40.2. The molecule has 302 valence electrons. The first kappa shape index (κ1) is 43.1. The fourth-order valence-electron chi connectivity index (χ4n) is 7.94. The molecule has 7 aromatic carbocycles. The Balaban J connectivity index is 0.000000221. The van der Waals surface area contributed by atoms with Gasteiger partial charge in [0.15, 0.2) is 11.5 Å². The van der Waals surface area contributed by atoms with Crippen molar-refractivity contribution in [3.8, 4) is 34.4 Å². The second-order valence-electron chi connectivity index (χ2n) is 15.1. The zero-order chi connectivity index (χ0) is 41.8. The summed E-state index contributed by atoms with van der Waals surface area (Å²) in [4.78, 5) is 8.19. The van der Waals surface area contributed by atoms with E-state index in [2.05, 4.69) is 192 Å². The minimum absolute atomic E-state index is 0. The third-order valence-corrected chi connectivity index (χ3v) is 16.3. The molecule has 0 saturated carbocycles. The van der Waals surface area contributed by atoms with Gasteiger partial charge in [0.25, 0.3) is 0 Å². The number of aromatic nitrogens is 4. The number of hydrogen-bond acceptors (Lipinski definition) is 4. The van der Waals surface area contributed by atoms with Gasteiger partial charge in [-0.3, -0.25) is 10.1 Å². The normalized spacial score (nSPS) is 12.3. The van der Waals surface area contributed by atoms with Crippen molar-refractivity contribution in [3.05, 3.63) is 223 Å². The standard InChI is InChI=1S/C39H32OP2.C13H7F2N4.U/c1-39(2)33-25-15-27-35(41(29-17-7-3-8-18-29)30-19-9-4-10-20-30)37(33)40-38-34(39)26-16-28-36(38)42(31-21-11-5-12-22-31)32-23-13-6-14-24-32;14-9-5-8(6-10(15)7-9)12-17-13(19-18-12)11-3-1-2-4-16-11;/h3-28H,1-2H3;1-7H;/q;-1;/p+2. The number of fused-ring (bicyclic) bond motifs is 2. The molecular formula is C52H41F2N4OP2U+. The van der Waals surface area contributed by atoms with Crippen LogP contribution in [0.3, 0.4) is 0 Å². The fourth-order valence-corrected chi connectivity index (χ4v) is 13.3.